The minimum absolute atomic E-state index is 0.0200. The number of rotatable bonds is 9. The number of ether oxygens (including phenoxy) is 4. The van der Waals surface area contributed by atoms with Crippen molar-refractivity contribution in [3.63, 3.8) is 0 Å². The van der Waals surface area contributed by atoms with E-state index in [0.717, 1.165) is 0 Å². The maximum Gasteiger partial charge on any atom is 0.248 e. The number of nitrogens with one attached hydrogen (secondary N) is 2. The van der Waals surface area contributed by atoms with Gasteiger partial charge in [0.2, 0.25) is 5.91 Å². The molecule has 2 aliphatic rings. The zero-order valence-electron chi connectivity index (χ0n) is 21.7. The van der Waals surface area contributed by atoms with Crippen LogP contribution in [0.15, 0.2) is 48.8 Å². The Balaban J connectivity index is 1.47. The molecule has 12 heteroatoms. The molecule has 10 nitrogen and oxygen atoms in total. The summed E-state index contributed by atoms with van der Waals surface area (Å²) < 4.78 is 37.3. The van der Waals surface area contributed by atoms with Crippen LogP contribution in [0.1, 0.15) is 0 Å². The first-order valence-corrected chi connectivity index (χ1v) is 12.8. The van der Waals surface area contributed by atoms with Gasteiger partial charge < -0.3 is 34.5 Å². The molecular formula is C27H29ClFN5O5. The van der Waals surface area contributed by atoms with Crippen LogP contribution in [0.3, 0.4) is 0 Å². The second-order valence-corrected chi connectivity index (χ2v) is 9.93. The Bertz CT molecular complexity index is 1390. The number of hydrogen-bond donors (Lipinski definition) is 2. The number of fused-ring (bicyclic) bond motifs is 2. The standard InChI is InChI=1S/C27H29ClFN5O5/c1-34(2)8-4-5-24(35)33-20-10-16-19(30-14-31-27(16)32-15-6-7-18(29)17(28)9-15)11-21(20)39-23-13-38-25-22(36-3)12-37-26(23)25/h4-7,9-11,14,22-23,25-26H,8,12-13H2,1-3H3,(H,33,35)(H,30,31,32)/b5-4+/t22-,23+,25-,26+/m1/s1. The molecule has 0 aliphatic carbocycles. The third kappa shape index (κ3) is 6.13. The normalized spacial score (nSPS) is 22.5. The van der Waals surface area contributed by atoms with E-state index in [-0.39, 0.29) is 29.2 Å². The van der Waals surface area contributed by atoms with Crippen LogP contribution < -0.4 is 15.4 Å². The maximum atomic E-state index is 13.7. The Morgan fingerprint density at radius 2 is 1.95 bits per heavy atom. The number of anilines is 3. The van der Waals surface area contributed by atoms with Crippen LogP contribution in [0.4, 0.5) is 21.6 Å². The molecule has 0 radical (unpaired) electrons. The molecule has 206 valence electrons. The average Bonchev–Trinajstić information content (AvgIpc) is 3.49. The molecule has 0 spiro atoms. The van der Waals surface area contributed by atoms with Gasteiger partial charge in [0.05, 0.1) is 29.4 Å². The summed E-state index contributed by atoms with van der Waals surface area (Å²) >= 11 is 5.95. The van der Waals surface area contributed by atoms with Crippen molar-refractivity contribution >= 4 is 45.6 Å². The number of benzene rings is 2. The van der Waals surface area contributed by atoms with Gasteiger partial charge in [-0.1, -0.05) is 17.7 Å². The van der Waals surface area contributed by atoms with Crippen molar-refractivity contribution in [2.45, 2.75) is 24.4 Å². The Kier molecular flexibility index (Phi) is 8.24. The Labute approximate surface area is 230 Å². The summed E-state index contributed by atoms with van der Waals surface area (Å²) in [4.78, 5) is 23.5. The highest BCUT2D eigenvalue weighted by molar-refractivity contribution is 6.31. The van der Waals surface area contributed by atoms with Crippen molar-refractivity contribution < 1.29 is 28.1 Å². The van der Waals surface area contributed by atoms with E-state index in [1.165, 1.54) is 24.5 Å². The number of hydrogen-bond acceptors (Lipinski definition) is 9. The molecule has 3 heterocycles. The fourth-order valence-corrected chi connectivity index (χ4v) is 4.71. The number of aromatic nitrogens is 2. The molecule has 2 saturated heterocycles. The highest BCUT2D eigenvalue weighted by Gasteiger charge is 2.49. The molecule has 39 heavy (non-hydrogen) atoms. The molecule has 2 N–H and O–H groups in total. The Morgan fingerprint density at radius 3 is 2.69 bits per heavy atom. The van der Waals surface area contributed by atoms with Crippen molar-refractivity contribution in [2.75, 3.05) is 51.6 Å². The molecule has 0 unspecified atom stereocenters. The Morgan fingerprint density at radius 1 is 1.18 bits per heavy atom. The smallest absolute Gasteiger partial charge is 0.248 e. The number of methoxy groups -OCH3 is 1. The minimum atomic E-state index is -0.523. The van der Waals surface area contributed by atoms with E-state index < -0.39 is 11.9 Å². The van der Waals surface area contributed by atoms with Crippen molar-refractivity contribution in [2.24, 2.45) is 0 Å². The van der Waals surface area contributed by atoms with E-state index in [4.69, 9.17) is 30.5 Å². The second-order valence-electron chi connectivity index (χ2n) is 9.52. The predicted molar refractivity (Wildman–Crippen MR) is 145 cm³/mol. The molecule has 0 saturated carbocycles. The highest BCUT2D eigenvalue weighted by atomic mass is 35.5. The minimum Gasteiger partial charge on any atom is -0.483 e. The number of carbonyl (C=O) groups excluding carboxylic acids is 1. The molecule has 4 atom stereocenters. The van der Waals surface area contributed by atoms with E-state index in [9.17, 15) is 9.18 Å². The average molecular weight is 558 g/mol. The molecular weight excluding hydrogens is 529 g/mol. The van der Waals surface area contributed by atoms with Crippen molar-refractivity contribution in [1.29, 1.82) is 0 Å². The van der Waals surface area contributed by atoms with Gasteiger partial charge in [-0.25, -0.2) is 14.4 Å². The molecule has 1 aromatic heterocycles. The lowest BCUT2D eigenvalue weighted by Gasteiger charge is -2.21. The third-order valence-corrected chi connectivity index (χ3v) is 6.75. The molecule has 3 aromatic rings. The van der Waals surface area contributed by atoms with Gasteiger partial charge in [0.25, 0.3) is 0 Å². The molecule has 1 amide bonds. The van der Waals surface area contributed by atoms with E-state index in [1.807, 2.05) is 19.0 Å². The zero-order valence-corrected chi connectivity index (χ0v) is 22.4. The van der Waals surface area contributed by atoms with Gasteiger partial charge in [-0.05, 0) is 38.4 Å². The van der Waals surface area contributed by atoms with Crippen LogP contribution in [0, 0.1) is 5.82 Å². The molecule has 0 bridgehead atoms. The lowest BCUT2D eigenvalue weighted by molar-refractivity contribution is -0.111. The van der Waals surface area contributed by atoms with Crippen LogP contribution >= 0.6 is 11.6 Å². The first kappa shape index (κ1) is 27.2. The number of likely N-dealkylation sites (N-methyl/N-ethyl adjacent to an activating group) is 1. The van der Waals surface area contributed by atoms with Crippen LogP contribution in [0.5, 0.6) is 5.75 Å². The van der Waals surface area contributed by atoms with E-state index in [0.29, 0.717) is 53.6 Å². The summed E-state index contributed by atoms with van der Waals surface area (Å²) in [5.74, 6) is 0.00385. The number of amides is 1. The van der Waals surface area contributed by atoms with Crippen molar-refractivity contribution in [3.05, 3.63) is 59.7 Å². The van der Waals surface area contributed by atoms with Crippen molar-refractivity contribution in [3.8, 4) is 5.75 Å². The SMILES string of the molecule is CO[C@@H]1CO[C@@H]2[C@@H]1OC[C@@H]2Oc1cc2ncnc(Nc3ccc(F)c(Cl)c3)c2cc1NC(=O)/C=C/CN(C)C. The fourth-order valence-electron chi connectivity index (χ4n) is 4.53. The number of carbonyl (C=O) groups is 1. The number of halogens is 2. The topological polar surface area (TPSA) is 107 Å². The molecule has 5 rings (SSSR count). The van der Waals surface area contributed by atoms with Gasteiger partial charge >= 0.3 is 0 Å². The molecule has 2 aliphatic heterocycles. The largest absolute Gasteiger partial charge is 0.483 e. The van der Waals surface area contributed by atoms with Crippen LogP contribution in [0.2, 0.25) is 5.02 Å². The monoisotopic (exact) mass is 557 g/mol. The van der Waals surface area contributed by atoms with Gasteiger partial charge in [-0.15, -0.1) is 0 Å². The first-order valence-electron chi connectivity index (χ1n) is 12.4. The summed E-state index contributed by atoms with van der Waals surface area (Å²) in [6.45, 7) is 1.34. The van der Waals surface area contributed by atoms with Gasteiger partial charge in [0, 0.05) is 36.9 Å². The van der Waals surface area contributed by atoms with Gasteiger partial charge in [-0.2, -0.15) is 0 Å². The fraction of sp³-hybridized carbons (Fsp3) is 0.370. The van der Waals surface area contributed by atoms with Crippen LogP contribution in [0.25, 0.3) is 10.9 Å². The van der Waals surface area contributed by atoms with Gasteiger partial charge in [0.1, 0.15) is 42.0 Å². The van der Waals surface area contributed by atoms with E-state index in [1.54, 1.807) is 31.4 Å². The lowest BCUT2D eigenvalue weighted by Crippen LogP contribution is -2.35. The summed E-state index contributed by atoms with van der Waals surface area (Å²) in [6, 6.07) is 7.75. The summed E-state index contributed by atoms with van der Waals surface area (Å²) in [5, 5.41) is 6.64. The zero-order chi connectivity index (χ0) is 27.5. The van der Waals surface area contributed by atoms with Crippen LogP contribution in [-0.2, 0) is 19.0 Å². The quantitative estimate of drug-likeness (QED) is 0.380. The van der Waals surface area contributed by atoms with Gasteiger partial charge in [0.15, 0.2) is 6.10 Å². The van der Waals surface area contributed by atoms with Gasteiger partial charge in [-0.3, -0.25) is 4.79 Å². The Hall–Kier alpha value is -3.35. The first-order chi connectivity index (χ1) is 18.8. The maximum absolute atomic E-state index is 13.7. The third-order valence-electron chi connectivity index (χ3n) is 6.46. The molecule has 2 aromatic carbocycles. The second kappa shape index (κ2) is 11.8. The highest BCUT2D eigenvalue weighted by Crippen LogP contribution is 2.37. The summed E-state index contributed by atoms with van der Waals surface area (Å²) in [6.07, 6.45) is 3.52. The van der Waals surface area contributed by atoms with E-state index >= 15 is 0 Å². The molecule has 2 fully saturated rings. The predicted octanol–water partition coefficient (Wildman–Crippen LogP) is 3.78. The number of nitrogens with zero attached hydrogens (tertiary/aromatic N) is 3. The van der Waals surface area contributed by atoms with Crippen LogP contribution in [-0.4, -0.2) is 86.2 Å². The summed E-state index contributed by atoms with van der Waals surface area (Å²) in [7, 11) is 5.45. The lowest BCUT2D eigenvalue weighted by atomic mass is 10.1. The van der Waals surface area contributed by atoms with E-state index in [2.05, 4.69) is 20.6 Å². The summed E-state index contributed by atoms with van der Waals surface area (Å²) in [5.41, 5.74) is 1.52. The van der Waals surface area contributed by atoms with Crippen molar-refractivity contribution in [1.82, 2.24) is 14.9 Å².